The quantitative estimate of drug-likeness (QED) is 0.412. The SMILES string of the molecule is COP(=O)(OC)N(CC(C)(C)c1ccccc1)C(=N)N=C(N)N. The molecule has 0 aromatic heterocycles. The normalized spacial score (nSPS) is 11.8. The minimum atomic E-state index is -3.73. The molecular weight excluding hydrogens is 317 g/mol. The smallest absolute Gasteiger partial charge is 0.370 e. The summed E-state index contributed by atoms with van der Waals surface area (Å²) in [5, 5.41) is 8.03. The zero-order valence-corrected chi connectivity index (χ0v) is 14.7. The summed E-state index contributed by atoms with van der Waals surface area (Å²) in [6.07, 6.45) is 0. The van der Waals surface area contributed by atoms with Crippen LogP contribution in [0.3, 0.4) is 0 Å². The van der Waals surface area contributed by atoms with Crippen LogP contribution in [0.2, 0.25) is 0 Å². The van der Waals surface area contributed by atoms with Crippen LogP contribution in [-0.4, -0.2) is 37.4 Å². The molecule has 5 N–H and O–H groups in total. The van der Waals surface area contributed by atoms with E-state index in [0.29, 0.717) is 0 Å². The summed E-state index contributed by atoms with van der Waals surface area (Å²) in [7, 11) is -1.24. The highest BCUT2D eigenvalue weighted by Crippen LogP contribution is 2.52. The van der Waals surface area contributed by atoms with E-state index in [1.807, 2.05) is 44.2 Å². The third-order valence-corrected chi connectivity index (χ3v) is 5.18. The molecule has 0 bridgehead atoms. The van der Waals surface area contributed by atoms with E-state index in [1.54, 1.807) is 0 Å². The predicted molar refractivity (Wildman–Crippen MR) is 91.3 cm³/mol. The Bertz CT molecular complexity index is 606. The van der Waals surface area contributed by atoms with Crippen molar-refractivity contribution < 1.29 is 13.6 Å². The summed E-state index contributed by atoms with van der Waals surface area (Å²) in [5.41, 5.74) is 11.2. The molecule has 128 valence electrons. The molecule has 9 heteroatoms. The van der Waals surface area contributed by atoms with Gasteiger partial charge in [-0.25, -0.2) is 9.24 Å². The van der Waals surface area contributed by atoms with Crippen molar-refractivity contribution >= 4 is 19.7 Å². The van der Waals surface area contributed by atoms with Crippen molar-refractivity contribution in [2.24, 2.45) is 16.5 Å². The van der Waals surface area contributed by atoms with E-state index in [0.717, 1.165) is 10.2 Å². The molecule has 0 heterocycles. The number of guanidine groups is 2. The summed E-state index contributed by atoms with van der Waals surface area (Å²) >= 11 is 0. The zero-order chi connectivity index (χ0) is 17.7. The van der Waals surface area contributed by atoms with E-state index in [1.165, 1.54) is 14.2 Å². The Balaban J connectivity index is 3.23. The fourth-order valence-electron chi connectivity index (χ4n) is 2.08. The number of nitrogens with one attached hydrogen (secondary N) is 1. The number of aliphatic imine (C=N–C) groups is 1. The van der Waals surface area contributed by atoms with E-state index in [9.17, 15) is 4.57 Å². The van der Waals surface area contributed by atoms with E-state index < -0.39 is 13.2 Å². The first-order valence-electron chi connectivity index (χ1n) is 6.89. The van der Waals surface area contributed by atoms with Crippen molar-refractivity contribution in [2.45, 2.75) is 19.3 Å². The molecule has 0 atom stereocenters. The van der Waals surface area contributed by atoms with E-state index in [-0.39, 0.29) is 18.5 Å². The van der Waals surface area contributed by atoms with Crippen LogP contribution in [0.15, 0.2) is 35.3 Å². The summed E-state index contributed by atoms with van der Waals surface area (Å²) in [6, 6.07) is 9.64. The fourth-order valence-corrected chi connectivity index (χ4v) is 3.43. The maximum atomic E-state index is 12.8. The van der Waals surface area contributed by atoms with Gasteiger partial charge in [-0.1, -0.05) is 44.2 Å². The van der Waals surface area contributed by atoms with Crippen molar-refractivity contribution in [1.82, 2.24) is 4.67 Å². The Hall–Kier alpha value is -1.89. The van der Waals surface area contributed by atoms with E-state index >= 15 is 0 Å². The topological polar surface area (TPSA) is 127 Å². The van der Waals surface area contributed by atoms with Gasteiger partial charge in [-0.15, -0.1) is 0 Å². The monoisotopic (exact) mass is 341 g/mol. The van der Waals surface area contributed by atoms with Gasteiger partial charge in [0, 0.05) is 26.2 Å². The van der Waals surface area contributed by atoms with Crippen LogP contribution in [0.5, 0.6) is 0 Å². The maximum absolute atomic E-state index is 12.8. The van der Waals surface area contributed by atoms with Gasteiger partial charge in [0.1, 0.15) is 0 Å². The lowest BCUT2D eigenvalue weighted by atomic mass is 9.85. The van der Waals surface area contributed by atoms with Gasteiger partial charge >= 0.3 is 7.75 Å². The lowest BCUT2D eigenvalue weighted by Gasteiger charge is -2.35. The van der Waals surface area contributed by atoms with Gasteiger partial charge < -0.3 is 11.5 Å². The van der Waals surface area contributed by atoms with Crippen LogP contribution in [0.4, 0.5) is 0 Å². The van der Waals surface area contributed by atoms with Gasteiger partial charge in [0.2, 0.25) is 5.96 Å². The Labute approximate surface area is 136 Å². The van der Waals surface area contributed by atoms with Crippen molar-refractivity contribution in [2.75, 3.05) is 20.8 Å². The van der Waals surface area contributed by atoms with Gasteiger partial charge in [-0.05, 0) is 5.56 Å². The minimum Gasteiger partial charge on any atom is -0.370 e. The number of hydrogen-bond donors (Lipinski definition) is 3. The summed E-state index contributed by atoms with van der Waals surface area (Å²) in [6.45, 7) is 4.06. The molecule has 0 aliphatic heterocycles. The molecule has 8 nitrogen and oxygen atoms in total. The number of hydrogen-bond acceptors (Lipinski definition) is 4. The molecule has 0 fully saturated rings. The molecule has 0 amide bonds. The zero-order valence-electron chi connectivity index (χ0n) is 13.8. The predicted octanol–water partition coefficient (Wildman–Crippen LogP) is 1.88. The average Bonchev–Trinajstić information content (AvgIpc) is 2.52. The first-order chi connectivity index (χ1) is 10.7. The molecule has 0 aliphatic carbocycles. The third-order valence-electron chi connectivity index (χ3n) is 3.34. The van der Waals surface area contributed by atoms with Gasteiger partial charge in [0.15, 0.2) is 5.96 Å². The molecule has 0 spiro atoms. The van der Waals surface area contributed by atoms with Crippen LogP contribution in [0.25, 0.3) is 0 Å². The second-order valence-corrected chi connectivity index (χ2v) is 7.65. The number of benzene rings is 1. The Morgan fingerprint density at radius 2 is 1.78 bits per heavy atom. The van der Waals surface area contributed by atoms with Crippen LogP contribution in [-0.2, 0) is 19.0 Å². The summed E-state index contributed by atoms with van der Waals surface area (Å²) in [5.74, 6) is -0.697. The molecule has 0 aliphatic rings. The second kappa shape index (κ2) is 7.59. The first-order valence-corrected chi connectivity index (χ1v) is 8.39. The molecular formula is C14H24N5O3P. The molecule has 0 saturated heterocycles. The van der Waals surface area contributed by atoms with Crippen LogP contribution in [0, 0.1) is 5.41 Å². The largest absolute Gasteiger partial charge is 0.437 e. The van der Waals surface area contributed by atoms with Gasteiger partial charge in [-0.3, -0.25) is 14.5 Å². The second-order valence-electron chi connectivity index (χ2n) is 5.50. The maximum Gasteiger partial charge on any atom is 0.437 e. The van der Waals surface area contributed by atoms with Crippen molar-refractivity contribution in [3.05, 3.63) is 35.9 Å². The third kappa shape index (κ3) is 4.79. The fraction of sp³-hybridized carbons (Fsp3) is 0.429. The van der Waals surface area contributed by atoms with Crippen LogP contribution >= 0.6 is 7.75 Å². The first kappa shape index (κ1) is 19.2. The van der Waals surface area contributed by atoms with Crippen LogP contribution < -0.4 is 11.5 Å². The van der Waals surface area contributed by atoms with Crippen molar-refractivity contribution in [3.63, 3.8) is 0 Å². The molecule has 0 unspecified atom stereocenters. The number of nitrogens with two attached hydrogens (primary N) is 2. The average molecular weight is 341 g/mol. The van der Waals surface area contributed by atoms with Gasteiger partial charge in [0.05, 0.1) is 0 Å². The molecule has 23 heavy (non-hydrogen) atoms. The highest BCUT2D eigenvalue weighted by atomic mass is 31.2. The molecule has 1 aromatic rings. The van der Waals surface area contributed by atoms with E-state index in [2.05, 4.69) is 4.99 Å². The Kier molecular flexibility index (Phi) is 6.32. The van der Waals surface area contributed by atoms with Crippen LogP contribution in [0.1, 0.15) is 19.4 Å². The highest BCUT2D eigenvalue weighted by Gasteiger charge is 2.38. The molecule has 1 rings (SSSR count). The van der Waals surface area contributed by atoms with Gasteiger partial charge in [0.25, 0.3) is 0 Å². The van der Waals surface area contributed by atoms with Gasteiger partial charge in [-0.2, -0.15) is 4.99 Å². The lowest BCUT2D eigenvalue weighted by Crippen LogP contribution is -2.40. The Morgan fingerprint density at radius 1 is 1.26 bits per heavy atom. The number of nitrogens with zero attached hydrogens (tertiary/aromatic N) is 2. The molecule has 0 radical (unpaired) electrons. The van der Waals surface area contributed by atoms with Crippen molar-refractivity contribution in [3.8, 4) is 0 Å². The lowest BCUT2D eigenvalue weighted by molar-refractivity contribution is 0.225. The van der Waals surface area contributed by atoms with E-state index in [4.69, 9.17) is 25.9 Å². The summed E-state index contributed by atoms with van der Waals surface area (Å²) in [4.78, 5) is 3.67. The number of rotatable bonds is 6. The summed E-state index contributed by atoms with van der Waals surface area (Å²) < 4.78 is 23.9. The van der Waals surface area contributed by atoms with Crippen molar-refractivity contribution in [1.29, 1.82) is 5.41 Å². The molecule has 1 aromatic carbocycles. The highest BCUT2D eigenvalue weighted by molar-refractivity contribution is 7.52. The Morgan fingerprint density at radius 3 is 2.22 bits per heavy atom. The minimum absolute atomic E-state index is 0.158. The standard InChI is InChI=1S/C14H24N5O3P/c1-14(2,11-8-6-5-7-9-11)10-19(13(17)18-12(15)16)23(20,21-3)22-4/h5-9H,10H2,1-4H3,(H5,15,16,17,18). The molecule has 0 saturated carbocycles.